The number of carbonyl (C=O) groups excluding carboxylic acids is 1. The number of rotatable bonds is 6. The molecule has 0 radical (unpaired) electrons. The van der Waals surface area contributed by atoms with E-state index in [1.54, 1.807) is 11.8 Å². The van der Waals surface area contributed by atoms with Gasteiger partial charge in [0.05, 0.1) is 6.04 Å². The van der Waals surface area contributed by atoms with E-state index in [0.29, 0.717) is 5.56 Å². The van der Waals surface area contributed by atoms with Crippen molar-refractivity contribution in [3.8, 4) is 0 Å². The van der Waals surface area contributed by atoms with Crippen molar-refractivity contribution in [2.45, 2.75) is 30.5 Å². The Bertz CT molecular complexity index is 842. The van der Waals surface area contributed by atoms with Crippen molar-refractivity contribution >= 4 is 17.7 Å². The molecule has 0 aliphatic carbocycles. The van der Waals surface area contributed by atoms with Crippen LogP contribution in [0.4, 0.5) is 0 Å². The van der Waals surface area contributed by atoms with Crippen molar-refractivity contribution in [1.29, 1.82) is 0 Å². The van der Waals surface area contributed by atoms with E-state index >= 15 is 0 Å². The van der Waals surface area contributed by atoms with Crippen LogP contribution in [0.3, 0.4) is 0 Å². The molecule has 0 saturated heterocycles. The Hall–Kier alpha value is -2.52. The Morgan fingerprint density at radius 2 is 1.58 bits per heavy atom. The van der Waals surface area contributed by atoms with Gasteiger partial charge in [-0.15, -0.1) is 11.8 Å². The zero-order valence-corrected chi connectivity index (χ0v) is 15.9. The molecule has 3 aromatic rings. The van der Waals surface area contributed by atoms with Crippen LogP contribution in [0.5, 0.6) is 0 Å². The van der Waals surface area contributed by atoms with Crippen LogP contribution < -0.4 is 5.32 Å². The number of amides is 1. The molecule has 0 aliphatic rings. The predicted molar refractivity (Wildman–Crippen MR) is 110 cm³/mol. The van der Waals surface area contributed by atoms with Crippen LogP contribution in [-0.4, -0.2) is 5.91 Å². The van der Waals surface area contributed by atoms with Gasteiger partial charge in [-0.05, 0) is 49.2 Å². The van der Waals surface area contributed by atoms with Crippen molar-refractivity contribution in [2.24, 2.45) is 0 Å². The summed E-state index contributed by atoms with van der Waals surface area (Å²) in [5.74, 6) is 0.852. The molecule has 0 aliphatic heterocycles. The van der Waals surface area contributed by atoms with Crippen LogP contribution in [0.2, 0.25) is 0 Å². The van der Waals surface area contributed by atoms with Gasteiger partial charge in [0.2, 0.25) is 0 Å². The lowest BCUT2D eigenvalue weighted by atomic mass is 10.1. The molecule has 0 saturated carbocycles. The largest absolute Gasteiger partial charge is 0.346 e. The second kappa shape index (κ2) is 8.72. The summed E-state index contributed by atoms with van der Waals surface area (Å²) in [5, 5.41) is 3.05. The molecule has 2 nitrogen and oxygen atoms in total. The van der Waals surface area contributed by atoms with Crippen molar-refractivity contribution in [1.82, 2.24) is 5.32 Å². The average molecular weight is 362 g/mol. The first-order chi connectivity index (χ1) is 12.6. The lowest BCUT2D eigenvalue weighted by Gasteiger charge is -2.14. The smallest absolute Gasteiger partial charge is 0.251 e. The molecule has 1 N–H and O–H groups in total. The summed E-state index contributed by atoms with van der Waals surface area (Å²) in [7, 11) is 0. The van der Waals surface area contributed by atoms with Crippen LogP contribution >= 0.6 is 11.8 Å². The highest BCUT2D eigenvalue weighted by Gasteiger charge is 2.11. The van der Waals surface area contributed by atoms with E-state index in [9.17, 15) is 4.79 Å². The monoisotopic (exact) mass is 361 g/mol. The number of nitrogens with one attached hydrogen (secondary N) is 1. The molecule has 3 heteroatoms. The summed E-state index contributed by atoms with van der Waals surface area (Å²) >= 11 is 1.80. The second-order valence-electron chi connectivity index (χ2n) is 6.40. The SMILES string of the molecule is Cc1ccc(SCc2ccc(C(=O)N[C@@H](C)c3ccccc3)cc2)cc1. The van der Waals surface area contributed by atoms with Gasteiger partial charge in [0, 0.05) is 16.2 Å². The maximum atomic E-state index is 12.4. The number of hydrogen-bond acceptors (Lipinski definition) is 2. The molecule has 0 heterocycles. The van der Waals surface area contributed by atoms with Gasteiger partial charge in [0.15, 0.2) is 0 Å². The molecule has 132 valence electrons. The summed E-state index contributed by atoms with van der Waals surface area (Å²) < 4.78 is 0. The number of aryl methyl sites for hydroxylation is 1. The van der Waals surface area contributed by atoms with Crippen molar-refractivity contribution in [3.05, 3.63) is 101 Å². The van der Waals surface area contributed by atoms with Crippen LogP contribution in [-0.2, 0) is 5.75 Å². The third-order valence-electron chi connectivity index (χ3n) is 4.29. The molecule has 3 rings (SSSR count). The van der Waals surface area contributed by atoms with Crippen molar-refractivity contribution < 1.29 is 4.79 Å². The molecule has 0 bridgehead atoms. The van der Waals surface area contributed by atoms with Gasteiger partial charge in [-0.2, -0.15) is 0 Å². The zero-order chi connectivity index (χ0) is 18.4. The van der Waals surface area contributed by atoms with Crippen molar-refractivity contribution in [3.63, 3.8) is 0 Å². The molecule has 0 fully saturated rings. The standard InChI is InChI=1S/C23H23NOS/c1-17-8-14-22(15-9-17)26-16-19-10-12-21(13-11-19)23(25)24-18(2)20-6-4-3-5-7-20/h3-15,18H,16H2,1-2H3,(H,24,25)/t18-/m0/s1. The molecule has 0 unspecified atom stereocenters. The molecule has 0 aromatic heterocycles. The highest BCUT2D eigenvalue weighted by molar-refractivity contribution is 7.98. The Kier molecular flexibility index (Phi) is 6.13. The van der Waals surface area contributed by atoms with Crippen LogP contribution in [0.15, 0.2) is 83.8 Å². The van der Waals surface area contributed by atoms with E-state index in [0.717, 1.165) is 11.3 Å². The summed E-state index contributed by atoms with van der Waals surface area (Å²) in [4.78, 5) is 13.7. The molecule has 1 amide bonds. The fourth-order valence-corrected chi connectivity index (χ4v) is 3.51. The average Bonchev–Trinajstić information content (AvgIpc) is 2.68. The highest BCUT2D eigenvalue weighted by Crippen LogP contribution is 2.23. The van der Waals surface area contributed by atoms with Gasteiger partial charge < -0.3 is 5.32 Å². The van der Waals surface area contributed by atoms with E-state index in [1.165, 1.54) is 16.0 Å². The van der Waals surface area contributed by atoms with Gasteiger partial charge in [-0.1, -0.05) is 60.2 Å². The zero-order valence-electron chi connectivity index (χ0n) is 15.1. The maximum absolute atomic E-state index is 12.4. The Labute approximate surface area is 159 Å². The van der Waals surface area contributed by atoms with Gasteiger partial charge in [0.1, 0.15) is 0 Å². The summed E-state index contributed by atoms with van der Waals surface area (Å²) in [6, 6.07) is 26.4. The summed E-state index contributed by atoms with van der Waals surface area (Å²) in [6.45, 7) is 4.09. The molecular formula is C23H23NOS. The van der Waals surface area contributed by atoms with Gasteiger partial charge in [-0.3, -0.25) is 4.79 Å². The fraction of sp³-hybridized carbons (Fsp3) is 0.174. The normalized spacial score (nSPS) is 11.8. The van der Waals surface area contributed by atoms with E-state index < -0.39 is 0 Å². The first-order valence-corrected chi connectivity index (χ1v) is 9.74. The molecule has 1 atom stereocenters. The molecule has 26 heavy (non-hydrogen) atoms. The predicted octanol–water partition coefficient (Wildman–Crippen LogP) is 5.78. The number of carbonyl (C=O) groups is 1. The van der Waals surface area contributed by atoms with Gasteiger partial charge >= 0.3 is 0 Å². The minimum atomic E-state index is -0.0425. The first kappa shape index (κ1) is 18.3. The minimum Gasteiger partial charge on any atom is -0.346 e. The number of thioether (sulfide) groups is 1. The highest BCUT2D eigenvalue weighted by atomic mass is 32.2. The van der Waals surface area contributed by atoms with Crippen LogP contribution in [0, 0.1) is 6.92 Å². The topological polar surface area (TPSA) is 29.1 Å². The van der Waals surface area contributed by atoms with Gasteiger partial charge in [0.25, 0.3) is 5.91 Å². The minimum absolute atomic E-state index is 0.0135. The van der Waals surface area contributed by atoms with Crippen molar-refractivity contribution in [2.75, 3.05) is 0 Å². The Balaban J connectivity index is 1.56. The summed E-state index contributed by atoms with van der Waals surface area (Å²) in [5.41, 5.74) is 4.28. The molecule has 3 aromatic carbocycles. The van der Waals surface area contributed by atoms with Gasteiger partial charge in [-0.25, -0.2) is 0 Å². The second-order valence-corrected chi connectivity index (χ2v) is 7.45. The molecular weight excluding hydrogens is 338 g/mol. The van der Waals surface area contributed by atoms with Crippen LogP contribution in [0.25, 0.3) is 0 Å². The Morgan fingerprint density at radius 1 is 0.923 bits per heavy atom. The van der Waals surface area contributed by atoms with Crippen LogP contribution in [0.1, 0.15) is 40.0 Å². The number of benzene rings is 3. The maximum Gasteiger partial charge on any atom is 0.251 e. The number of hydrogen-bond donors (Lipinski definition) is 1. The lowest BCUT2D eigenvalue weighted by molar-refractivity contribution is 0.0940. The van der Waals surface area contributed by atoms with E-state index in [-0.39, 0.29) is 11.9 Å². The Morgan fingerprint density at radius 3 is 2.23 bits per heavy atom. The third kappa shape index (κ3) is 4.99. The third-order valence-corrected chi connectivity index (χ3v) is 5.37. The first-order valence-electron chi connectivity index (χ1n) is 8.76. The van der Waals surface area contributed by atoms with E-state index in [2.05, 4.69) is 36.5 Å². The van der Waals surface area contributed by atoms with E-state index in [1.807, 2.05) is 61.5 Å². The quantitative estimate of drug-likeness (QED) is 0.564. The fourth-order valence-electron chi connectivity index (χ4n) is 2.66. The lowest BCUT2D eigenvalue weighted by Crippen LogP contribution is -2.26. The summed E-state index contributed by atoms with van der Waals surface area (Å²) in [6.07, 6.45) is 0. The molecule has 0 spiro atoms. The van der Waals surface area contributed by atoms with E-state index in [4.69, 9.17) is 0 Å².